The SMILES string of the molecule is CCCCCCCCCCCCCCCCCCN(CCCCCCCCCCCCCCCCCC)C(=O)COC(=O)CCC/C=C\C[C@@H]1[C@@H](/C=C/C[C@H](O)C2(CC)CCC2)[C@H](O)C[C@H]1Cl. The quantitative estimate of drug-likeness (QED) is 0.0275. The zero-order valence-corrected chi connectivity index (χ0v) is 45.2. The molecule has 2 aliphatic carbocycles. The van der Waals surface area contributed by atoms with Gasteiger partial charge >= 0.3 is 5.97 Å². The van der Waals surface area contributed by atoms with E-state index >= 15 is 0 Å². The third kappa shape index (κ3) is 30.2. The minimum absolute atomic E-state index is 0.0153. The van der Waals surface area contributed by atoms with Crippen LogP contribution in [0.15, 0.2) is 24.3 Å². The third-order valence-corrected chi connectivity index (χ3v) is 16.4. The fraction of sp³-hybridized carbons (Fsp3) is 0.900. The molecule has 0 aromatic rings. The summed E-state index contributed by atoms with van der Waals surface area (Å²) in [6, 6.07) is 0. The summed E-state index contributed by atoms with van der Waals surface area (Å²) < 4.78 is 5.55. The Bertz CT molecular complexity index is 1180. The number of hydrogen-bond donors (Lipinski definition) is 2. The number of aliphatic hydroxyl groups excluding tert-OH is 2. The molecule has 2 fully saturated rings. The van der Waals surface area contributed by atoms with Crippen LogP contribution in [0.5, 0.6) is 0 Å². The van der Waals surface area contributed by atoms with Crippen LogP contribution in [0.2, 0.25) is 0 Å². The smallest absolute Gasteiger partial charge is 0.306 e. The van der Waals surface area contributed by atoms with Crippen LogP contribution in [-0.4, -0.2) is 64.3 Å². The Morgan fingerprint density at radius 2 is 1.06 bits per heavy atom. The number of allylic oxidation sites excluding steroid dienone is 2. The average molecular weight is 961 g/mol. The number of aliphatic hydroxyl groups is 2. The van der Waals surface area contributed by atoms with E-state index < -0.39 is 6.10 Å². The molecule has 1 amide bonds. The Morgan fingerprint density at radius 1 is 0.627 bits per heavy atom. The zero-order valence-electron chi connectivity index (χ0n) is 44.5. The Balaban J connectivity index is 1.65. The largest absolute Gasteiger partial charge is 0.456 e. The minimum Gasteiger partial charge on any atom is -0.456 e. The molecule has 0 aromatic carbocycles. The lowest BCUT2D eigenvalue weighted by atomic mass is 9.63. The van der Waals surface area contributed by atoms with Crippen molar-refractivity contribution in [2.75, 3.05) is 19.7 Å². The first-order valence-electron chi connectivity index (χ1n) is 29.5. The van der Waals surface area contributed by atoms with Gasteiger partial charge < -0.3 is 19.8 Å². The average Bonchev–Trinajstić information content (AvgIpc) is 3.58. The molecule has 0 bridgehead atoms. The molecule has 7 heteroatoms. The predicted molar refractivity (Wildman–Crippen MR) is 288 cm³/mol. The molecule has 2 aliphatic rings. The second-order valence-electron chi connectivity index (χ2n) is 21.6. The number of nitrogens with zero attached hydrogens (tertiary/aromatic N) is 1. The highest BCUT2D eigenvalue weighted by Gasteiger charge is 2.42. The standard InChI is InChI=1S/C60H110ClNO5/c1-4-7-9-11-13-15-17-19-21-23-25-27-29-31-35-39-49-62(50-40-36-32-30-28-26-24-22-20-18-16-14-12-10-8-5-2)58(65)52-67-59(66)46-38-34-33-37-43-53-54(56(63)51-55(53)61)44-41-45-57(64)60(6-3)47-42-48-60/h33,37,41,44,53-57,63-64H,4-32,34-36,38-40,42-43,45-52H2,1-3H3/b37-33-,44-41+/t53-,54-,55-,56-,57+/m1/s1. The Hall–Kier alpha value is -1.37. The third-order valence-electron chi connectivity index (χ3n) is 15.9. The molecule has 392 valence electrons. The number of ether oxygens (including phenoxy) is 1. The number of alkyl halides is 1. The molecule has 0 aromatic heterocycles. The van der Waals surface area contributed by atoms with Crippen LogP contribution in [0.25, 0.3) is 0 Å². The maximum atomic E-state index is 13.4. The Morgan fingerprint density at radius 3 is 1.46 bits per heavy atom. The first-order valence-corrected chi connectivity index (χ1v) is 30.0. The summed E-state index contributed by atoms with van der Waals surface area (Å²) in [4.78, 5) is 28.1. The van der Waals surface area contributed by atoms with E-state index in [2.05, 4.69) is 45.1 Å². The first kappa shape index (κ1) is 61.7. The normalized spacial score (nSPS) is 19.7. The summed E-state index contributed by atoms with van der Waals surface area (Å²) in [6.07, 6.45) is 58.5. The van der Waals surface area contributed by atoms with Crippen molar-refractivity contribution in [3.05, 3.63) is 24.3 Å². The van der Waals surface area contributed by atoms with Crippen molar-refractivity contribution in [2.45, 2.75) is 308 Å². The van der Waals surface area contributed by atoms with E-state index in [0.29, 0.717) is 25.7 Å². The van der Waals surface area contributed by atoms with Crippen LogP contribution in [-0.2, 0) is 14.3 Å². The molecule has 0 radical (unpaired) electrons. The van der Waals surface area contributed by atoms with Gasteiger partial charge in [0.2, 0.25) is 0 Å². The van der Waals surface area contributed by atoms with Gasteiger partial charge in [0, 0.05) is 30.8 Å². The number of amides is 1. The van der Waals surface area contributed by atoms with Crippen molar-refractivity contribution in [2.24, 2.45) is 17.3 Å². The van der Waals surface area contributed by atoms with Gasteiger partial charge in [0.25, 0.3) is 5.91 Å². The topological polar surface area (TPSA) is 87.1 Å². The molecular weight excluding hydrogens is 850 g/mol. The molecule has 5 atom stereocenters. The van der Waals surface area contributed by atoms with Crippen LogP contribution in [0.1, 0.15) is 290 Å². The maximum absolute atomic E-state index is 13.4. The van der Waals surface area contributed by atoms with E-state index in [4.69, 9.17) is 16.3 Å². The fourth-order valence-corrected chi connectivity index (χ4v) is 11.4. The molecule has 67 heavy (non-hydrogen) atoms. The minimum atomic E-state index is -0.464. The van der Waals surface area contributed by atoms with Crippen molar-refractivity contribution in [3.8, 4) is 0 Å². The molecule has 0 heterocycles. The fourth-order valence-electron chi connectivity index (χ4n) is 10.9. The monoisotopic (exact) mass is 960 g/mol. The second-order valence-corrected chi connectivity index (χ2v) is 22.1. The Kier molecular flexibility index (Phi) is 39.0. The van der Waals surface area contributed by atoms with Gasteiger partial charge in [-0.2, -0.15) is 0 Å². The summed E-state index contributed by atoms with van der Waals surface area (Å²) in [7, 11) is 0. The van der Waals surface area contributed by atoms with Crippen LogP contribution in [0, 0.1) is 17.3 Å². The van der Waals surface area contributed by atoms with Gasteiger partial charge in [-0.1, -0.05) is 244 Å². The van der Waals surface area contributed by atoms with Crippen LogP contribution < -0.4 is 0 Å². The molecule has 0 spiro atoms. The van der Waals surface area contributed by atoms with Gasteiger partial charge in [0.05, 0.1) is 12.2 Å². The van der Waals surface area contributed by atoms with Gasteiger partial charge in [-0.15, -0.1) is 11.6 Å². The van der Waals surface area contributed by atoms with Crippen molar-refractivity contribution >= 4 is 23.5 Å². The predicted octanol–water partition coefficient (Wildman–Crippen LogP) is 17.5. The van der Waals surface area contributed by atoms with E-state index in [1.807, 2.05) is 4.90 Å². The molecule has 2 N–H and O–H groups in total. The zero-order chi connectivity index (χ0) is 48.5. The second kappa shape index (κ2) is 42.3. The van der Waals surface area contributed by atoms with E-state index in [1.54, 1.807) is 0 Å². The van der Waals surface area contributed by atoms with Gasteiger partial charge in [0.15, 0.2) is 6.61 Å². The van der Waals surface area contributed by atoms with E-state index in [-0.39, 0.29) is 47.2 Å². The van der Waals surface area contributed by atoms with Gasteiger partial charge in [0.1, 0.15) is 0 Å². The van der Waals surface area contributed by atoms with E-state index in [9.17, 15) is 19.8 Å². The van der Waals surface area contributed by atoms with Crippen LogP contribution in [0.3, 0.4) is 0 Å². The van der Waals surface area contributed by atoms with E-state index in [0.717, 1.165) is 70.9 Å². The lowest BCUT2D eigenvalue weighted by Crippen LogP contribution is -2.40. The van der Waals surface area contributed by atoms with Crippen LogP contribution >= 0.6 is 11.6 Å². The van der Waals surface area contributed by atoms with Gasteiger partial charge in [-0.05, 0) is 75.5 Å². The first-order chi connectivity index (χ1) is 32.8. The molecule has 2 saturated carbocycles. The number of carbonyl (C=O) groups excluding carboxylic acids is 2. The highest BCUT2D eigenvalue weighted by Crippen LogP contribution is 2.48. The molecule has 0 aliphatic heterocycles. The summed E-state index contributed by atoms with van der Waals surface area (Å²) in [6.45, 7) is 8.12. The van der Waals surface area contributed by atoms with Gasteiger partial charge in [-0.3, -0.25) is 9.59 Å². The molecule has 6 nitrogen and oxygen atoms in total. The maximum Gasteiger partial charge on any atom is 0.306 e. The van der Waals surface area contributed by atoms with Crippen molar-refractivity contribution < 1.29 is 24.5 Å². The number of unbranched alkanes of at least 4 members (excludes halogenated alkanes) is 31. The number of esters is 1. The van der Waals surface area contributed by atoms with Crippen LogP contribution in [0.4, 0.5) is 0 Å². The summed E-state index contributed by atoms with van der Waals surface area (Å²) in [5.41, 5.74) is 0.0775. The Labute approximate surface area is 420 Å². The van der Waals surface area contributed by atoms with Crippen molar-refractivity contribution in [3.63, 3.8) is 0 Å². The number of rotatable bonds is 47. The summed E-state index contributed by atoms with van der Waals surface area (Å²) in [5, 5.41) is 21.5. The van der Waals surface area contributed by atoms with Gasteiger partial charge in [-0.25, -0.2) is 0 Å². The number of hydrogen-bond acceptors (Lipinski definition) is 5. The molecule has 0 unspecified atom stereocenters. The summed E-state index contributed by atoms with van der Waals surface area (Å²) >= 11 is 6.71. The van der Waals surface area contributed by atoms with E-state index in [1.165, 1.54) is 186 Å². The molecular formula is C60H110ClNO5. The summed E-state index contributed by atoms with van der Waals surface area (Å²) in [5.74, 6) is -0.220. The lowest BCUT2D eigenvalue weighted by molar-refractivity contribution is -0.152. The van der Waals surface area contributed by atoms with Crippen molar-refractivity contribution in [1.82, 2.24) is 4.90 Å². The molecule has 0 saturated heterocycles. The highest BCUT2D eigenvalue weighted by molar-refractivity contribution is 6.21. The lowest BCUT2D eigenvalue weighted by Gasteiger charge is -2.45. The highest BCUT2D eigenvalue weighted by atomic mass is 35.5. The molecule has 2 rings (SSSR count). The number of carbonyl (C=O) groups is 2. The van der Waals surface area contributed by atoms with Crippen molar-refractivity contribution in [1.29, 1.82) is 0 Å². The number of halogens is 1.